The van der Waals surface area contributed by atoms with Crippen LogP contribution in [0.2, 0.25) is 5.02 Å². The van der Waals surface area contributed by atoms with Crippen LogP contribution in [0, 0.1) is 0 Å². The van der Waals surface area contributed by atoms with Crippen molar-refractivity contribution in [1.29, 1.82) is 0 Å². The van der Waals surface area contributed by atoms with Crippen molar-refractivity contribution >= 4 is 40.5 Å². The molecule has 0 bridgehead atoms. The van der Waals surface area contributed by atoms with E-state index in [0.29, 0.717) is 27.7 Å². The number of carbonyl (C=O) groups excluding carboxylic acids is 2. The summed E-state index contributed by atoms with van der Waals surface area (Å²) < 4.78 is 5.30. The average Bonchev–Trinajstić information content (AvgIpc) is 2.83. The van der Waals surface area contributed by atoms with Crippen LogP contribution in [0.15, 0.2) is 54.6 Å². The second-order valence-corrected chi connectivity index (χ2v) is 7.12. The molecule has 146 valence electrons. The predicted octanol–water partition coefficient (Wildman–Crippen LogP) is 4.35. The summed E-state index contributed by atoms with van der Waals surface area (Å²) in [5, 5.41) is 6.73. The Bertz CT molecular complexity index is 1140. The van der Waals surface area contributed by atoms with Gasteiger partial charge in [-0.3, -0.25) is 9.59 Å². The standard InChI is InChI=1S/C22H18ClN3O3/c1-29-20-11-14(4-6-16(20)23)13-3-5-15-18(10-13)25-17-7-2-12(9-21(24)27)8-19(17)26-22(15)28/h2-8,10-11,25H,9H2,1H3,(H2,24,27)(H,26,28). The van der Waals surface area contributed by atoms with E-state index in [-0.39, 0.29) is 12.3 Å². The number of primary amides is 1. The number of methoxy groups -OCH3 is 1. The summed E-state index contributed by atoms with van der Waals surface area (Å²) >= 11 is 6.12. The fourth-order valence-electron chi connectivity index (χ4n) is 3.31. The highest BCUT2D eigenvalue weighted by Gasteiger charge is 2.20. The largest absolute Gasteiger partial charge is 0.495 e. The number of anilines is 3. The van der Waals surface area contributed by atoms with Crippen molar-refractivity contribution in [1.82, 2.24) is 0 Å². The molecule has 1 aliphatic heterocycles. The molecule has 1 aliphatic rings. The Labute approximate surface area is 172 Å². The van der Waals surface area contributed by atoms with Gasteiger partial charge in [-0.1, -0.05) is 29.8 Å². The molecular weight excluding hydrogens is 390 g/mol. The third-order valence-electron chi connectivity index (χ3n) is 4.73. The highest BCUT2D eigenvalue weighted by Crippen LogP contribution is 2.36. The van der Waals surface area contributed by atoms with Gasteiger partial charge >= 0.3 is 0 Å². The second-order valence-electron chi connectivity index (χ2n) is 6.71. The van der Waals surface area contributed by atoms with E-state index < -0.39 is 5.91 Å². The molecule has 6 nitrogen and oxygen atoms in total. The number of nitrogens with two attached hydrogens (primary N) is 1. The maximum Gasteiger partial charge on any atom is 0.257 e. The number of fused-ring (bicyclic) bond motifs is 2. The Kier molecular flexibility index (Phi) is 4.86. The van der Waals surface area contributed by atoms with Gasteiger partial charge in [0.05, 0.1) is 41.2 Å². The van der Waals surface area contributed by atoms with Crippen LogP contribution in [0.25, 0.3) is 11.1 Å². The molecule has 0 saturated carbocycles. The van der Waals surface area contributed by atoms with E-state index in [0.717, 1.165) is 22.4 Å². The van der Waals surface area contributed by atoms with Crippen LogP contribution in [0.3, 0.4) is 0 Å². The van der Waals surface area contributed by atoms with Crippen molar-refractivity contribution in [2.24, 2.45) is 5.73 Å². The summed E-state index contributed by atoms with van der Waals surface area (Å²) in [6, 6.07) is 16.4. The average molecular weight is 408 g/mol. The first kappa shape index (κ1) is 18.8. The second kappa shape index (κ2) is 7.48. The molecule has 4 rings (SSSR count). The van der Waals surface area contributed by atoms with Gasteiger partial charge < -0.3 is 21.1 Å². The number of halogens is 1. The summed E-state index contributed by atoms with van der Waals surface area (Å²) in [4.78, 5) is 23.9. The fraction of sp³-hybridized carbons (Fsp3) is 0.0909. The normalized spacial score (nSPS) is 12.1. The lowest BCUT2D eigenvalue weighted by Crippen LogP contribution is -2.14. The molecule has 7 heteroatoms. The van der Waals surface area contributed by atoms with Crippen LogP contribution in [0.1, 0.15) is 15.9 Å². The zero-order valence-electron chi connectivity index (χ0n) is 15.6. The number of nitrogens with one attached hydrogen (secondary N) is 2. The molecule has 0 radical (unpaired) electrons. The monoisotopic (exact) mass is 407 g/mol. The molecule has 0 aliphatic carbocycles. The van der Waals surface area contributed by atoms with Crippen LogP contribution in [0.4, 0.5) is 17.1 Å². The van der Waals surface area contributed by atoms with Crippen molar-refractivity contribution in [3.8, 4) is 16.9 Å². The van der Waals surface area contributed by atoms with Crippen molar-refractivity contribution in [3.63, 3.8) is 0 Å². The number of benzene rings is 3. The van der Waals surface area contributed by atoms with Crippen LogP contribution in [-0.4, -0.2) is 18.9 Å². The topological polar surface area (TPSA) is 93.4 Å². The van der Waals surface area contributed by atoms with E-state index in [4.69, 9.17) is 22.1 Å². The van der Waals surface area contributed by atoms with Gasteiger partial charge in [-0.2, -0.15) is 0 Å². The summed E-state index contributed by atoms with van der Waals surface area (Å²) in [5.74, 6) is -0.0796. The minimum Gasteiger partial charge on any atom is -0.495 e. The third kappa shape index (κ3) is 3.75. The van der Waals surface area contributed by atoms with Crippen molar-refractivity contribution in [2.45, 2.75) is 6.42 Å². The smallest absolute Gasteiger partial charge is 0.257 e. The zero-order valence-corrected chi connectivity index (χ0v) is 16.3. The summed E-state index contributed by atoms with van der Waals surface area (Å²) in [6.45, 7) is 0. The maximum absolute atomic E-state index is 12.7. The van der Waals surface area contributed by atoms with Crippen LogP contribution < -0.4 is 21.1 Å². The van der Waals surface area contributed by atoms with Gasteiger partial charge in [0.2, 0.25) is 5.91 Å². The van der Waals surface area contributed by atoms with Crippen molar-refractivity contribution in [2.75, 3.05) is 17.7 Å². The van der Waals surface area contributed by atoms with Crippen LogP contribution in [0.5, 0.6) is 5.75 Å². The van der Waals surface area contributed by atoms with Gasteiger partial charge in [0.15, 0.2) is 0 Å². The van der Waals surface area contributed by atoms with Crippen molar-refractivity contribution < 1.29 is 14.3 Å². The Morgan fingerprint density at radius 1 is 0.966 bits per heavy atom. The number of hydrogen-bond acceptors (Lipinski definition) is 4. The van der Waals surface area contributed by atoms with Crippen LogP contribution in [-0.2, 0) is 11.2 Å². The molecule has 0 aromatic heterocycles. The Balaban J connectivity index is 1.73. The van der Waals surface area contributed by atoms with E-state index in [1.54, 1.807) is 25.3 Å². The number of hydrogen-bond donors (Lipinski definition) is 3. The molecule has 0 fully saturated rings. The molecule has 3 aromatic carbocycles. The maximum atomic E-state index is 12.7. The molecule has 0 spiro atoms. The highest BCUT2D eigenvalue weighted by atomic mass is 35.5. The molecule has 0 unspecified atom stereocenters. The lowest BCUT2D eigenvalue weighted by molar-refractivity contribution is -0.117. The minimum absolute atomic E-state index is 0.110. The van der Waals surface area contributed by atoms with E-state index in [1.807, 2.05) is 36.4 Å². The Hall–Kier alpha value is -3.51. The van der Waals surface area contributed by atoms with Gasteiger partial charge in [-0.15, -0.1) is 0 Å². The highest BCUT2D eigenvalue weighted by molar-refractivity contribution is 6.32. The molecular formula is C22H18ClN3O3. The first-order chi connectivity index (χ1) is 13.9. The molecule has 1 heterocycles. The number of amides is 2. The summed E-state index contributed by atoms with van der Waals surface area (Å²) in [6.07, 6.45) is 0.110. The Morgan fingerprint density at radius 3 is 2.48 bits per heavy atom. The number of rotatable bonds is 4. The molecule has 4 N–H and O–H groups in total. The zero-order chi connectivity index (χ0) is 20.5. The predicted molar refractivity (Wildman–Crippen MR) is 114 cm³/mol. The van der Waals surface area contributed by atoms with Crippen LogP contribution >= 0.6 is 11.6 Å². The van der Waals surface area contributed by atoms with E-state index in [2.05, 4.69) is 10.6 Å². The number of carbonyl (C=O) groups is 2. The quantitative estimate of drug-likeness (QED) is 0.599. The van der Waals surface area contributed by atoms with Gasteiger partial charge in [0.1, 0.15) is 5.75 Å². The lowest BCUT2D eigenvalue weighted by atomic mass is 10.0. The molecule has 0 saturated heterocycles. The minimum atomic E-state index is -0.427. The first-order valence-electron chi connectivity index (χ1n) is 8.92. The first-order valence-corrected chi connectivity index (χ1v) is 9.30. The van der Waals surface area contributed by atoms with Crippen molar-refractivity contribution in [3.05, 3.63) is 70.7 Å². The SMILES string of the molecule is COc1cc(-c2ccc3c(c2)Nc2ccc(CC(N)=O)cc2NC3=O)ccc1Cl. The molecule has 0 atom stereocenters. The molecule has 2 amide bonds. The summed E-state index contributed by atoms with van der Waals surface area (Å²) in [5.41, 5.74) is 10.4. The molecule has 3 aromatic rings. The van der Waals surface area contributed by atoms with Gasteiger partial charge in [-0.25, -0.2) is 0 Å². The summed E-state index contributed by atoms with van der Waals surface area (Å²) in [7, 11) is 1.57. The van der Waals surface area contributed by atoms with E-state index in [9.17, 15) is 9.59 Å². The molecule has 29 heavy (non-hydrogen) atoms. The third-order valence-corrected chi connectivity index (χ3v) is 5.04. The van der Waals surface area contributed by atoms with Gasteiger partial charge in [0, 0.05) is 0 Å². The van der Waals surface area contributed by atoms with Gasteiger partial charge in [-0.05, 0) is 53.1 Å². The number of ether oxygens (including phenoxy) is 1. The lowest BCUT2D eigenvalue weighted by Gasteiger charge is -2.12. The van der Waals surface area contributed by atoms with E-state index in [1.165, 1.54) is 0 Å². The fourth-order valence-corrected chi connectivity index (χ4v) is 3.51. The Morgan fingerprint density at radius 2 is 1.72 bits per heavy atom. The van der Waals surface area contributed by atoms with Gasteiger partial charge in [0.25, 0.3) is 5.91 Å². The van der Waals surface area contributed by atoms with E-state index >= 15 is 0 Å².